The van der Waals surface area contributed by atoms with Crippen molar-refractivity contribution in [3.8, 4) is 0 Å². The minimum atomic E-state index is -0.0679. The molecule has 96 valence electrons. The van der Waals surface area contributed by atoms with Crippen LogP contribution in [0.15, 0.2) is 12.3 Å². The van der Waals surface area contributed by atoms with Crippen LogP contribution >= 0.6 is 11.6 Å². The Bertz CT molecular complexity index is 374. The predicted molar refractivity (Wildman–Crippen MR) is 70.7 cm³/mol. The molecule has 0 bridgehead atoms. The quantitative estimate of drug-likeness (QED) is 0.767. The maximum atomic E-state index is 11.9. The molecule has 1 heterocycles. The van der Waals surface area contributed by atoms with E-state index in [1.807, 2.05) is 25.5 Å². The lowest BCUT2D eigenvalue weighted by Gasteiger charge is -2.12. The topological polar surface area (TPSA) is 46.1 Å². The molecule has 0 fully saturated rings. The first-order chi connectivity index (χ1) is 8.06. The van der Waals surface area contributed by atoms with Crippen LogP contribution in [0.1, 0.15) is 36.8 Å². The van der Waals surface area contributed by atoms with E-state index in [4.69, 9.17) is 11.6 Å². The van der Waals surface area contributed by atoms with Gasteiger partial charge in [-0.3, -0.25) is 4.79 Å². The summed E-state index contributed by atoms with van der Waals surface area (Å²) in [6.07, 6.45) is 2.70. The number of nitrogens with one attached hydrogen (secondary N) is 2. The molecule has 5 heteroatoms. The van der Waals surface area contributed by atoms with E-state index in [0.29, 0.717) is 17.3 Å². The van der Waals surface area contributed by atoms with Crippen LogP contribution in [0.2, 0.25) is 5.02 Å². The third-order valence-corrected chi connectivity index (χ3v) is 2.70. The van der Waals surface area contributed by atoms with Crippen LogP contribution in [0.3, 0.4) is 0 Å². The van der Waals surface area contributed by atoms with Crippen molar-refractivity contribution in [3.63, 3.8) is 0 Å². The first-order valence-electron chi connectivity index (χ1n) is 5.86. The molecule has 0 atom stereocenters. The highest BCUT2D eigenvalue weighted by Gasteiger charge is 2.14. The molecule has 1 aromatic rings. The SMILES string of the molecule is CNCCCNC(=O)c1cc(Cl)cn1C(C)C. The fraction of sp³-hybridized carbons (Fsp3) is 0.583. The Morgan fingerprint density at radius 2 is 2.18 bits per heavy atom. The van der Waals surface area contributed by atoms with Crippen molar-refractivity contribution in [2.75, 3.05) is 20.1 Å². The van der Waals surface area contributed by atoms with Crippen molar-refractivity contribution in [1.29, 1.82) is 0 Å². The third-order valence-electron chi connectivity index (χ3n) is 2.49. The van der Waals surface area contributed by atoms with Gasteiger partial charge in [-0.2, -0.15) is 0 Å². The molecule has 4 nitrogen and oxygen atoms in total. The lowest BCUT2D eigenvalue weighted by atomic mass is 10.3. The fourth-order valence-corrected chi connectivity index (χ4v) is 1.82. The third kappa shape index (κ3) is 4.06. The van der Waals surface area contributed by atoms with E-state index in [1.54, 1.807) is 12.3 Å². The molecule has 0 aliphatic heterocycles. The molecule has 0 saturated heterocycles. The van der Waals surface area contributed by atoms with Crippen LogP contribution in [0.4, 0.5) is 0 Å². The smallest absolute Gasteiger partial charge is 0.267 e. The van der Waals surface area contributed by atoms with E-state index in [-0.39, 0.29) is 11.9 Å². The van der Waals surface area contributed by atoms with Crippen molar-refractivity contribution >= 4 is 17.5 Å². The summed E-state index contributed by atoms with van der Waals surface area (Å²) in [4.78, 5) is 11.9. The maximum absolute atomic E-state index is 11.9. The second kappa shape index (κ2) is 6.67. The maximum Gasteiger partial charge on any atom is 0.267 e. The Balaban J connectivity index is 2.62. The van der Waals surface area contributed by atoms with Crippen molar-refractivity contribution in [1.82, 2.24) is 15.2 Å². The molecule has 0 spiro atoms. The molecule has 1 aromatic heterocycles. The van der Waals surface area contributed by atoms with Crippen molar-refractivity contribution < 1.29 is 4.79 Å². The zero-order valence-electron chi connectivity index (χ0n) is 10.6. The summed E-state index contributed by atoms with van der Waals surface area (Å²) in [6.45, 7) is 5.61. The summed E-state index contributed by atoms with van der Waals surface area (Å²) in [6, 6.07) is 1.93. The standard InChI is InChI=1S/C12H20ClN3O/c1-9(2)16-8-10(13)7-11(16)12(17)15-6-4-5-14-3/h7-9,14H,4-6H2,1-3H3,(H,15,17). The monoisotopic (exact) mass is 257 g/mol. The van der Waals surface area contributed by atoms with E-state index < -0.39 is 0 Å². The van der Waals surface area contributed by atoms with Crippen LogP contribution in [0.5, 0.6) is 0 Å². The van der Waals surface area contributed by atoms with Crippen LogP contribution in [-0.2, 0) is 0 Å². The lowest BCUT2D eigenvalue weighted by Crippen LogP contribution is -2.28. The average Bonchev–Trinajstić information content (AvgIpc) is 2.66. The Hall–Kier alpha value is -1.00. The molecule has 0 saturated carbocycles. The molecular weight excluding hydrogens is 238 g/mol. The highest BCUT2D eigenvalue weighted by atomic mass is 35.5. The van der Waals surface area contributed by atoms with E-state index in [1.165, 1.54) is 0 Å². The number of carbonyl (C=O) groups excluding carboxylic acids is 1. The first-order valence-corrected chi connectivity index (χ1v) is 6.24. The summed E-state index contributed by atoms with van der Waals surface area (Å²) in [7, 11) is 1.89. The molecule has 0 radical (unpaired) electrons. The lowest BCUT2D eigenvalue weighted by molar-refractivity contribution is 0.0942. The van der Waals surface area contributed by atoms with Gasteiger partial charge in [-0.05, 0) is 39.9 Å². The number of hydrogen-bond donors (Lipinski definition) is 2. The average molecular weight is 258 g/mol. The predicted octanol–water partition coefficient (Wildman–Crippen LogP) is 2.06. The molecule has 2 N–H and O–H groups in total. The second-order valence-corrected chi connectivity index (χ2v) is 4.69. The number of nitrogens with zero attached hydrogens (tertiary/aromatic N) is 1. The van der Waals surface area contributed by atoms with Crippen LogP contribution in [-0.4, -0.2) is 30.6 Å². The summed E-state index contributed by atoms with van der Waals surface area (Å²) >= 11 is 5.93. The second-order valence-electron chi connectivity index (χ2n) is 4.26. The summed E-state index contributed by atoms with van der Waals surface area (Å²) in [5, 5.41) is 6.52. The zero-order chi connectivity index (χ0) is 12.8. The molecule has 0 unspecified atom stereocenters. The van der Waals surface area contributed by atoms with Gasteiger partial charge in [0.05, 0.1) is 5.02 Å². The first kappa shape index (κ1) is 14.1. The highest BCUT2D eigenvalue weighted by molar-refractivity contribution is 6.31. The summed E-state index contributed by atoms with van der Waals surface area (Å²) in [5.41, 5.74) is 0.620. The summed E-state index contributed by atoms with van der Waals surface area (Å²) in [5.74, 6) is -0.0679. The Morgan fingerprint density at radius 1 is 1.47 bits per heavy atom. The van der Waals surface area contributed by atoms with Crippen molar-refractivity contribution in [2.24, 2.45) is 0 Å². The van der Waals surface area contributed by atoms with Gasteiger partial charge in [0.1, 0.15) is 5.69 Å². The van der Waals surface area contributed by atoms with Crippen molar-refractivity contribution in [3.05, 3.63) is 23.0 Å². The van der Waals surface area contributed by atoms with E-state index in [9.17, 15) is 4.79 Å². The van der Waals surface area contributed by atoms with Crippen molar-refractivity contribution in [2.45, 2.75) is 26.3 Å². The van der Waals surface area contributed by atoms with Gasteiger partial charge in [0.15, 0.2) is 0 Å². The minimum Gasteiger partial charge on any atom is -0.351 e. The van der Waals surface area contributed by atoms with Crippen LogP contribution in [0, 0.1) is 0 Å². The van der Waals surface area contributed by atoms with Gasteiger partial charge >= 0.3 is 0 Å². The molecule has 1 amide bonds. The molecule has 0 aromatic carbocycles. The van der Waals surface area contributed by atoms with Gasteiger partial charge in [-0.15, -0.1) is 0 Å². The Labute approximate surface area is 107 Å². The van der Waals surface area contributed by atoms with Gasteiger partial charge in [-0.25, -0.2) is 0 Å². The number of halogens is 1. The van der Waals surface area contributed by atoms with E-state index >= 15 is 0 Å². The largest absolute Gasteiger partial charge is 0.351 e. The summed E-state index contributed by atoms with van der Waals surface area (Å²) < 4.78 is 1.88. The Kier molecular flexibility index (Phi) is 5.51. The normalized spacial score (nSPS) is 10.9. The molecule has 0 aliphatic rings. The molecule has 17 heavy (non-hydrogen) atoms. The Morgan fingerprint density at radius 3 is 2.76 bits per heavy atom. The number of carbonyl (C=O) groups is 1. The number of amides is 1. The molecular formula is C12H20ClN3O. The van der Waals surface area contributed by atoms with Gasteiger partial charge in [0.2, 0.25) is 0 Å². The molecule has 0 aliphatic carbocycles. The van der Waals surface area contributed by atoms with Gasteiger partial charge in [0.25, 0.3) is 5.91 Å². The van der Waals surface area contributed by atoms with Gasteiger partial charge in [-0.1, -0.05) is 11.6 Å². The van der Waals surface area contributed by atoms with E-state index in [2.05, 4.69) is 10.6 Å². The minimum absolute atomic E-state index is 0.0679. The number of hydrogen-bond acceptors (Lipinski definition) is 2. The van der Waals surface area contributed by atoms with Gasteiger partial charge in [0, 0.05) is 18.8 Å². The zero-order valence-corrected chi connectivity index (χ0v) is 11.3. The van der Waals surface area contributed by atoms with Crippen LogP contribution in [0.25, 0.3) is 0 Å². The highest BCUT2D eigenvalue weighted by Crippen LogP contribution is 2.18. The fourth-order valence-electron chi connectivity index (χ4n) is 1.61. The van der Waals surface area contributed by atoms with Crippen LogP contribution < -0.4 is 10.6 Å². The number of aromatic nitrogens is 1. The van der Waals surface area contributed by atoms with Gasteiger partial charge < -0.3 is 15.2 Å². The number of rotatable bonds is 6. The van der Waals surface area contributed by atoms with E-state index in [0.717, 1.165) is 13.0 Å². The molecule has 1 rings (SSSR count).